The van der Waals surface area contributed by atoms with Crippen molar-refractivity contribution in [3.05, 3.63) is 41.4 Å². The number of aryl methyl sites for hydroxylation is 2. The fourth-order valence-corrected chi connectivity index (χ4v) is 2.08. The molecule has 0 spiro atoms. The first-order chi connectivity index (χ1) is 7.24. The van der Waals surface area contributed by atoms with E-state index in [9.17, 15) is 0 Å². The number of hydrogen-bond acceptors (Lipinski definition) is 1. The maximum absolute atomic E-state index is 5.39. The Morgan fingerprint density at radius 3 is 2.67 bits per heavy atom. The smallest absolute Gasteiger partial charge is 0.0194 e. The lowest BCUT2D eigenvalue weighted by molar-refractivity contribution is 1.13. The van der Waals surface area contributed by atoms with Gasteiger partial charge in [-0.3, -0.25) is 0 Å². The van der Waals surface area contributed by atoms with E-state index in [0.29, 0.717) is 0 Å². The van der Waals surface area contributed by atoms with Gasteiger partial charge in [-0.1, -0.05) is 6.08 Å². The zero-order chi connectivity index (χ0) is 10.8. The molecule has 0 aliphatic heterocycles. The Kier molecular flexibility index (Phi) is 2.67. The van der Waals surface area contributed by atoms with Crippen LogP contribution in [0.5, 0.6) is 0 Å². The van der Waals surface area contributed by atoms with Gasteiger partial charge in [0.05, 0.1) is 0 Å². The molecule has 0 saturated heterocycles. The lowest BCUT2D eigenvalue weighted by Crippen LogP contribution is -1.90. The largest absolute Gasteiger partial charge is 0.405 e. The van der Waals surface area contributed by atoms with E-state index in [1.165, 1.54) is 35.2 Å². The van der Waals surface area contributed by atoms with Crippen molar-refractivity contribution < 1.29 is 0 Å². The first-order valence-electron chi connectivity index (χ1n) is 5.47. The fraction of sp³-hybridized carbons (Fsp3) is 0.385. The van der Waals surface area contributed by atoms with Crippen molar-refractivity contribution >= 4 is 5.57 Å². The highest BCUT2D eigenvalue weighted by Gasteiger charge is 2.28. The normalized spacial score (nSPS) is 17.6. The van der Waals surface area contributed by atoms with Crippen molar-refractivity contribution in [2.45, 2.75) is 26.7 Å². The summed E-state index contributed by atoms with van der Waals surface area (Å²) < 4.78 is 0. The topological polar surface area (TPSA) is 41.8 Å². The second-order valence-electron chi connectivity index (χ2n) is 4.25. The monoisotopic (exact) mass is 202 g/mol. The zero-order valence-corrected chi connectivity index (χ0v) is 9.38. The molecule has 1 saturated carbocycles. The maximum Gasteiger partial charge on any atom is 0.0194 e. The van der Waals surface area contributed by atoms with Gasteiger partial charge in [-0.2, -0.15) is 0 Å². The molecule has 0 bridgehead atoms. The SMILES string of the molecule is Cc1c[nH]c(C)c1/C(=C\C=C\N)C1CC1. The molecule has 15 heavy (non-hydrogen) atoms. The van der Waals surface area contributed by atoms with Crippen LogP contribution in [0.2, 0.25) is 0 Å². The molecule has 0 aromatic carbocycles. The summed E-state index contributed by atoms with van der Waals surface area (Å²) in [5.74, 6) is 0.745. The van der Waals surface area contributed by atoms with E-state index in [-0.39, 0.29) is 0 Å². The van der Waals surface area contributed by atoms with Crippen molar-refractivity contribution in [3.63, 3.8) is 0 Å². The van der Waals surface area contributed by atoms with Gasteiger partial charge in [-0.15, -0.1) is 0 Å². The Bertz CT molecular complexity index is 387. The van der Waals surface area contributed by atoms with Crippen LogP contribution < -0.4 is 5.73 Å². The third-order valence-corrected chi connectivity index (χ3v) is 2.97. The molecule has 1 aliphatic carbocycles. The number of hydrogen-bond donors (Lipinski definition) is 2. The molecule has 80 valence electrons. The Hall–Kier alpha value is -1.44. The van der Waals surface area contributed by atoms with Crippen molar-refractivity contribution in [2.75, 3.05) is 0 Å². The van der Waals surface area contributed by atoms with Gasteiger partial charge >= 0.3 is 0 Å². The van der Waals surface area contributed by atoms with Crippen molar-refractivity contribution in [2.24, 2.45) is 11.7 Å². The molecule has 3 N–H and O–H groups in total. The van der Waals surface area contributed by atoms with Gasteiger partial charge < -0.3 is 10.7 Å². The van der Waals surface area contributed by atoms with E-state index in [2.05, 4.69) is 31.1 Å². The van der Waals surface area contributed by atoms with E-state index in [1.54, 1.807) is 6.20 Å². The summed E-state index contributed by atoms with van der Waals surface area (Å²) in [4.78, 5) is 3.28. The molecule has 0 unspecified atom stereocenters. The molecule has 1 fully saturated rings. The van der Waals surface area contributed by atoms with Crippen LogP contribution in [0.3, 0.4) is 0 Å². The molecule has 2 nitrogen and oxygen atoms in total. The predicted molar refractivity (Wildman–Crippen MR) is 64.3 cm³/mol. The summed E-state index contributed by atoms with van der Waals surface area (Å²) in [5.41, 5.74) is 10.8. The summed E-state index contributed by atoms with van der Waals surface area (Å²) in [5, 5.41) is 0. The van der Waals surface area contributed by atoms with Crippen LogP contribution in [0, 0.1) is 19.8 Å². The zero-order valence-electron chi connectivity index (χ0n) is 9.38. The minimum Gasteiger partial charge on any atom is -0.405 e. The highest BCUT2D eigenvalue weighted by atomic mass is 14.7. The van der Waals surface area contributed by atoms with Gasteiger partial charge in [0.1, 0.15) is 0 Å². The molecule has 0 atom stereocenters. The highest BCUT2D eigenvalue weighted by Crippen LogP contribution is 2.43. The fourth-order valence-electron chi connectivity index (χ4n) is 2.08. The van der Waals surface area contributed by atoms with E-state index >= 15 is 0 Å². The number of rotatable bonds is 3. The molecule has 2 heteroatoms. The first-order valence-corrected chi connectivity index (χ1v) is 5.47. The third kappa shape index (κ3) is 1.99. The van der Waals surface area contributed by atoms with Crippen molar-refractivity contribution in [1.82, 2.24) is 4.98 Å². The Labute approximate surface area is 90.9 Å². The summed E-state index contributed by atoms with van der Waals surface area (Å²) in [6.07, 6.45) is 10.4. The van der Waals surface area contributed by atoms with Crippen LogP contribution in [0.25, 0.3) is 5.57 Å². The number of aromatic amines is 1. The molecule has 1 aromatic rings. The Balaban J connectivity index is 2.40. The van der Waals surface area contributed by atoms with E-state index in [0.717, 1.165) is 5.92 Å². The van der Waals surface area contributed by atoms with Crippen LogP contribution in [0.15, 0.2) is 24.5 Å². The average Bonchev–Trinajstić information content (AvgIpc) is 2.99. The van der Waals surface area contributed by atoms with Gasteiger partial charge in [-0.05, 0) is 56.0 Å². The second kappa shape index (κ2) is 3.97. The molecular formula is C13H18N2. The molecule has 0 radical (unpaired) electrons. The number of allylic oxidation sites excluding steroid dienone is 3. The molecule has 1 heterocycles. The summed E-state index contributed by atoms with van der Waals surface area (Å²) in [6.45, 7) is 4.28. The lowest BCUT2D eigenvalue weighted by atomic mass is 9.98. The van der Waals surface area contributed by atoms with E-state index in [4.69, 9.17) is 5.73 Å². The summed E-state index contributed by atoms with van der Waals surface area (Å²) >= 11 is 0. The van der Waals surface area contributed by atoms with Gasteiger partial charge in [-0.25, -0.2) is 0 Å². The van der Waals surface area contributed by atoms with Crippen LogP contribution in [0.4, 0.5) is 0 Å². The number of nitrogens with one attached hydrogen (secondary N) is 1. The molecular weight excluding hydrogens is 184 g/mol. The van der Waals surface area contributed by atoms with Crippen molar-refractivity contribution in [1.29, 1.82) is 0 Å². The van der Waals surface area contributed by atoms with Gasteiger partial charge in [0, 0.05) is 17.5 Å². The minimum atomic E-state index is 0.745. The number of aromatic nitrogens is 1. The molecule has 1 aliphatic rings. The number of H-pyrrole nitrogens is 1. The van der Waals surface area contributed by atoms with E-state index in [1.807, 2.05) is 6.08 Å². The standard InChI is InChI=1S/C13H18N2/c1-9-8-15-10(2)13(9)12(4-3-7-14)11-5-6-11/h3-4,7-8,11,15H,5-6,14H2,1-2H3/b7-3+,12-4-. The van der Waals surface area contributed by atoms with E-state index < -0.39 is 0 Å². The predicted octanol–water partition coefficient (Wildman–Crippen LogP) is 2.90. The maximum atomic E-state index is 5.39. The number of nitrogens with two attached hydrogens (primary N) is 1. The minimum absolute atomic E-state index is 0.745. The Morgan fingerprint density at radius 1 is 1.47 bits per heavy atom. The van der Waals surface area contributed by atoms with Gasteiger partial charge in [0.25, 0.3) is 0 Å². The first kappa shape index (κ1) is 10.1. The van der Waals surface area contributed by atoms with Crippen molar-refractivity contribution in [3.8, 4) is 0 Å². The molecule has 2 rings (SSSR count). The van der Waals surface area contributed by atoms with Crippen LogP contribution in [0.1, 0.15) is 29.7 Å². The molecule has 1 aromatic heterocycles. The van der Waals surface area contributed by atoms with Gasteiger partial charge in [0.15, 0.2) is 0 Å². The van der Waals surface area contributed by atoms with Crippen LogP contribution in [-0.4, -0.2) is 4.98 Å². The second-order valence-corrected chi connectivity index (χ2v) is 4.25. The highest BCUT2D eigenvalue weighted by molar-refractivity contribution is 5.74. The third-order valence-electron chi connectivity index (χ3n) is 2.97. The van der Waals surface area contributed by atoms with Gasteiger partial charge in [0.2, 0.25) is 0 Å². The average molecular weight is 202 g/mol. The summed E-state index contributed by atoms with van der Waals surface area (Å²) in [6, 6.07) is 0. The van der Waals surface area contributed by atoms with Crippen LogP contribution >= 0.6 is 0 Å². The summed E-state index contributed by atoms with van der Waals surface area (Å²) in [7, 11) is 0. The molecule has 0 amide bonds. The quantitative estimate of drug-likeness (QED) is 0.727. The Morgan fingerprint density at radius 2 is 2.20 bits per heavy atom. The van der Waals surface area contributed by atoms with Crippen LogP contribution in [-0.2, 0) is 0 Å². The lowest BCUT2D eigenvalue weighted by Gasteiger charge is -2.06.